The number of aromatic amines is 1. The molecule has 9 heteroatoms. The standard InChI is InChI=1S/C27H30ClN3O5/c1-4-18(26(33)30-11-13-36-14-12-30)10-9-17(2)25-24-20(19-7-5-6-8-21(19)29-24)15-22(27(34)35-3)31(25)23(32)16-28/h4-10,22,25,29H,2,11-16H2,1,3H3/b10-9-,18-4+/t22-,25+/m1/s1. The van der Waals surface area contributed by atoms with Gasteiger partial charge < -0.3 is 24.3 Å². The van der Waals surface area contributed by atoms with Gasteiger partial charge >= 0.3 is 5.97 Å². The summed E-state index contributed by atoms with van der Waals surface area (Å²) in [6, 6.07) is 6.22. The summed E-state index contributed by atoms with van der Waals surface area (Å²) in [5.74, 6) is -1.33. The fourth-order valence-electron chi connectivity index (χ4n) is 4.90. The number of nitrogens with zero attached hydrogens (tertiary/aromatic N) is 2. The summed E-state index contributed by atoms with van der Waals surface area (Å²) in [5, 5.41) is 0.970. The minimum absolute atomic E-state index is 0.0964. The number of amides is 2. The van der Waals surface area contributed by atoms with Crippen molar-refractivity contribution in [3.8, 4) is 0 Å². The molecule has 8 nitrogen and oxygen atoms in total. The minimum atomic E-state index is -0.862. The van der Waals surface area contributed by atoms with Crippen LogP contribution in [-0.4, -0.2) is 77.9 Å². The molecule has 1 fully saturated rings. The molecule has 4 rings (SSSR count). The Labute approximate surface area is 215 Å². The van der Waals surface area contributed by atoms with E-state index in [9.17, 15) is 14.4 Å². The zero-order valence-electron chi connectivity index (χ0n) is 20.5. The third-order valence-corrected chi connectivity index (χ3v) is 6.92. The van der Waals surface area contributed by atoms with E-state index in [-0.39, 0.29) is 18.2 Å². The Bertz CT molecular complexity index is 1240. The lowest BCUT2D eigenvalue weighted by Crippen LogP contribution is -2.52. The SMILES string of the molecule is C=C(/C=C\C(=C/C)C(=O)N1CCOCC1)[C@H]1c2[nH]c3ccccc3c2C[C@H](C(=O)OC)N1C(=O)CCl. The second-order valence-corrected chi connectivity index (χ2v) is 8.97. The second kappa shape index (κ2) is 11.1. The number of carbonyl (C=O) groups is 3. The summed E-state index contributed by atoms with van der Waals surface area (Å²) >= 11 is 5.98. The number of halogens is 1. The number of rotatable bonds is 6. The normalized spacial score (nSPS) is 20.5. The van der Waals surface area contributed by atoms with Crippen molar-refractivity contribution in [3.63, 3.8) is 0 Å². The number of esters is 1. The quantitative estimate of drug-likeness (QED) is 0.278. The Balaban J connectivity index is 1.74. The van der Waals surface area contributed by atoms with Gasteiger partial charge in [-0.15, -0.1) is 11.6 Å². The number of fused-ring (bicyclic) bond motifs is 3. The molecule has 2 amide bonds. The number of morpholine rings is 1. The van der Waals surface area contributed by atoms with E-state index in [4.69, 9.17) is 21.1 Å². The number of para-hydroxylation sites is 1. The van der Waals surface area contributed by atoms with E-state index in [1.165, 1.54) is 12.0 Å². The van der Waals surface area contributed by atoms with Crippen molar-refractivity contribution in [2.24, 2.45) is 0 Å². The summed E-state index contributed by atoms with van der Waals surface area (Å²) < 4.78 is 10.4. The van der Waals surface area contributed by atoms with E-state index in [1.54, 1.807) is 30.1 Å². The minimum Gasteiger partial charge on any atom is -0.467 e. The van der Waals surface area contributed by atoms with Gasteiger partial charge in [0.1, 0.15) is 11.9 Å². The van der Waals surface area contributed by atoms with Crippen LogP contribution in [0.1, 0.15) is 24.2 Å². The Hall–Kier alpha value is -3.36. The van der Waals surface area contributed by atoms with Crippen LogP contribution in [0.2, 0.25) is 0 Å². The molecular formula is C27H30ClN3O5. The first-order valence-corrected chi connectivity index (χ1v) is 12.4. The molecule has 1 saturated heterocycles. The van der Waals surface area contributed by atoms with Crippen LogP contribution in [0.4, 0.5) is 0 Å². The average molecular weight is 512 g/mol. The molecule has 2 aliphatic rings. The van der Waals surface area contributed by atoms with Crippen LogP contribution in [-0.2, 0) is 30.3 Å². The van der Waals surface area contributed by atoms with Crippen LogP contribution < -0.4 is 0 Å². The van der Waals surface area contributed by atoms with Gasteiger partial charge in [-0.2, -0.15) is 0 Å². The highest BCUT2D eigenvalue weighted by atomic mass is 35.5. The molecule has 1 N–H and O–H groups in total. The maximum Gasteiger partial charge on any atom is 0.328 e. The van der Waals surface area contributed by atoms with Gasteiger partial charge in [0, 0.05) is 41.7 Å². The number of allylic oxidation sites excluding steroid dienone is 1. The third-order valence-electron chi connectivity index (χ3n) is 6.69. The van der Waals surface area contributed by atoms with Gasteiger partial charge in [-0.1, -0.05) is 36.9 Å². The Kier molecular flexibility index (Phi) is 7.96. The van der Waals surface area contributed by atoms with Crippen LogP contribution in [0, 0.1) is 0 Å². The highest BCUT2D eigenvalue weighted by molar-refractivity contribution is 6.27. The zero-order chi connectivity index (χ0) is 25.8. The smallest absolute Gasteiger partial charge is 0.328 e. The number of alkyl halides is 1. The van der Waals surface area contributed by atoms with E-state index in [0.717, 1.165) is 22.2 Å². The molecule has 36 heavy (non-hydrogen) atoms. The number of ether oxygens (including phenoxy) is 2. The first-order valence-electron chi connectivity index (χ1n) is 11.9. The molecule has 0 saturated carbocycles. The Morgan fingerprint density at radius 2 is 1.94 bits per heavy atom. The molecule has 2 aromatic rings. The lowest BCUT2D eigenvalue weighted by Gasteiger charge is -2.40. The molecule has 3 heterocycles. The van der Waals surface area contributed by atoms with E-state index in [2.05, 4.69) is 11.6 Å². The lowest BCUT2D eigenvalue weighted by molar-refractivity contribution is -0.154. The number of benzene rings is 1. The van der Waals surface area contributed by atoms with Crippen molar-refractivity contribution < 1.29 is 23.9 Å². The van der Waals surface area contributed by atoms with Crippen molar-refractivity contribution in [2.45, 2.75) is 25.4 Å². The molecule has 0 spiro atoms. The summed E-state index contributed by atoms with van der Waals surface area (Å²) in [5.41, 5.74) is 3.63. The maximum absolute atomic E-state index is 13.1. The van der Waals surface area contributed by atoms with Gasteiger partial charge in [-0.3, -0.25) is 9.59 Å². The molecule has 0 aliphatic carbocycles. The molecule has 1 aromatic carbocycles. The van der Waals surface area contributed by atoms with Crippen molar-refractivity contribution in [1.29, 1.82) is 0 Å². The number of hydrogen-bond donors (Lipinski definition) is 1. The van der Waals surface area contributed by atoms with E-state index in [0.29, 0.717) is 37.4 Å². The Morgan fingerprint density at radius 3 is 2.61 bits per heavy atom. The predicted molar refractivity (Wildman–Crippen MR) is 138 cm³/mol. The summed E-state index contributed by atoms with van der Waals surface area (Å²) in [6.45, 7) is 8.13. The molecule has 1 aromatic heterocycles. The van der Waals surface area contributed by atoms with Crippen LogP contribution >= 0.6 is 11.6 Å². The topological polar surface area (TPSA) is 91.9 Å². The van der Waals surface area contributed by atoms with Crippen LogP contribution in [0.3, 0.4) is 0 Å². The average Bonchev–Trinajstić information content (AvgIpc) is 3.29. The van der Waals surface area contributed by atoms with Crippen molar-refractivity contribution in [2.75, 3.05) is 39.3 Å². The molecule has 0 radical (unpaired) electrons. The second-order valence-electron chi connectivity index (χ2n) is 8.70. The fraction of sp³-hybridized carbons (Fsp3) is 0.370. The molecule has 2 atom stereocenters. The summed E-state index contributed by atoms with van der Waals surface area (Å²) in [4.78, 5) is 45.5. The molecule has 190 valence electrons. The molecule has 0 bridgehead atoms. The molecular weight excluding hydrogens is 482 g/mol. The first-order chi connectivity index (χ1) is 17.4. The fourth-order valence-corrected chi connectivity index (χ4v) is 5.03. The van der Waals surface area contributed by atoms with Gasteiger partial charge in [0.25, 0.3) is 5.91 Å². The van der Waals surface area contributed by atoms with E-state index in [1.807, 2.05) is 24.3 Å². The number of nitrogens with one attached hydrogen (secondary N) is 1. The van der Waals surface area contributed by atoms with Gasteiger partial charge in [0.15, 0.2) is 0 Å². The lowest BCUT2D eigenvalue weighted by atomic mass is 9.88. The zero-order valence-corrected chi connectivity index (χ0v) is 21.2. The van der Waals surface area contributed by atoms with Crippen molar-refractivity contribution >= 4 is 40.3 Å². The highest BCUT2D eigenvalue weighted by Gasteiger charge is 2.43. The summed E-state index contributed by atoms with van der Waals surface area (Å²) in [7, 11) is 1.30. The molecule has 0 unspecified atom stereocenters. The number of methoxy groups -OCH3 is 1. The maximum atomic E-state index is 13.1. The molecule has 2 aliphatic heterocycles. The predicted octanol–water partition coefficient (Wildman–Crippen LogP) is 3.29. The van der Waals surface area contributed by atoms with Gasteiger partial charge in [-0.05, 0) is 30.2 Å². The van der Waals surface area contributed by atoms with Crippen molar-refractivity contribution in [1.82, 2.24) is 14.8 Å². The number of H-pyrrole nitrogens is 1. The number of carbonyl (C=O) groups excluding carboxylic acids is 3. The van der Waals surface area contributed by atoms with E-state index < -0.39 is 24.0 Å². The third kappa shape index (κ3) is 4.83. The largest absolute Gasteiger partial charge is 0.467 e. The first kappa shape index (κ1) is 25.7. The van der Waals surface area contributed by atoms with Gasteiger partial charge in [0.2, 0.25) is 5.91 Å². The highest BCUT2D eigenvalue weighted by Crippen LogP contribution is 2.41. The van der Waals surface area contributed by atoms with Crippen LogP contribution in [0.25, 0.3) is 10.9 Å². The Morgan fingerprint density at radius 1 is 1.22 bits per heavy atom. The van der Waals surface area contributed by atoms with Crippen LogP contribution in [0.5, 0.6) is 0 Å². The monoisotopic (exact) mass is 511 g/mol. The number of aromatic nitrogens is 1. The summed E-state index contributed by atoms with van der Waals surface area (Å²) in [6.07, 6.45) is 5.46. The van der Waals surface area contributed by atoms with Crippen LogP contribution in [0.15, 0.2) is 60.2 Å². The number of hydrogen-bond acceptors (Lipinski definition) is 5. The van der Waals surface area contributed by atoms with Gasteiger partial charge in [0.05, 0.1) is 26.4 Å². The van der Waals surface area contributed by atoms with Crippen molar-refractivity contribution in [3.05, 3.63) is 71.5 Å². The van der Waals surface area contributed by atoms with Gasteiger partial charge in [-0.25, -0.2) is 4.79 Å². The van der Waals surface area contributed by atoms with E-state index >= 15 is 0 Å².